The molecule has 94 valence electrons. The van der Waals surface area contributed by atoms with Crippen LogP contribution in [-0.2, 0) is 6.18 Å². The average molecular weight is 257 g/mol. The van der Waals surface area contributed by atoms with Crippen LogP contribution in [0.3, 0.4) is 0 Å². The lowest BCUT2D eigenvalue weighted by Crippen LogP contribution is -2.16. The first-order valence-corrected chi connectivity index (χ1v) is 4.63. The minimum atomic E-state index is -4.46. The van der Waals surface area contributed by atoms with Crippen LogP contribution in [0.15, 0.2) is 36.1 Å². The van der Waals surface area contributed by atoms with E-state index in [1.807, 2.05) is 0 Å². The van der Waals surface area contributed by atoms with Crippen molar-refractivity contribution in [2.24, 2.45) is 5.16 Å². The SMILES string of the molecule is O/N=C(\c1ccc(C(F)(F)F)cn1)n1cncn1. The maximum atomic E-state index is 12.3. The van der Waals surface area contributed by atoms with Crippen LogP contribution in [0.25, 0.3) is 0 Å². The molecule has 6 nitrogen and oxygen atoms in total. The van der Waals surface area contributed by atoms with E-state index in [2.05, 4.69) is 20.2 Å². The zero-order chi connectivity index (χ0) is 13.2. The Hall–Kier alpha value is -2.45. The van der Waals surface area contributed by atoms with Crippen LogP contribution < -0.4 is 0 Å². The Bertz CT molecular complexity index is 547. The number of hydrogen-bond donors (Lipinski definition) is 1. The third-order valence-corrected chi connectivity index (χ3v) is 2.05. The van der Waals surface area contributed by atoms with Gasteiger partial charge in [0.15, 0.2) is 0 Å². The number of oxime groups is 1. The molecule has 0 saturated heterocycles. The molecule has 2 rings (SSSR count). The second-order valence-electron chi connectivity index (χ2n) is 3.19. The maximum absolute atomic E-state index is 12.3. The van der Waals surface area contributed by atoms with Gasteiger partial charge in [0, 0.05) is 6.20 Å². The van der Waals surface area contributed by atoms with Crippen LogP contribution in [0.2, 0.25) is 0 Å². The number of pyridine rings is 1. The lowest BCUT2D eigenvalue weighted by atomic mass is 10.2. The third kappa shape index (κ3) is 2.29. The summed E-state index contributed by atoms with van der Waals surface area (Å²) < 4.78 is 38.1. The Morgan fingerprint density at radius 3 is 2.56 bits per heavy atom. The van der Waals surface area contributed by atoms with E-state index < -0.39 is 11.7 Å². The first-order chi connectivity index (χ1) is 8.52. The zero-order valence-corrected chi connectivity index (χ0v) is 8.70. The summed E-state index contributed by atoms with van der Waals surface area (Å²) >= 11 is 0. The number of nitrogens with zero attached hydrogens (tertiary/aromatic N) is 5. The van der Waals surface area contributed by atoms with Gasteiger partial charge in [-0.25, -0.2) is 4.98 Å². The standard InChI is InChI=1S/C9H6F3N5O/c10-9(11,12)6-1-2-7(14-3-6)8(16-18)17-5-13-4-15-17/h1-5,18H/b16-8+. The van der Waals surface area contributed by atoms with Gasteiger partial charge in [0.25, 0.3) is 0 Å². The molecule has 0 bridgehead atoms. The molecule has 0 unspecified atom stereocenters. The molecule has 0 aromatic carbocycles. The number of hydrogen-bond acceptors (Lipinski definition) is 5. The molecule has 9 heteroatoms. The lowest BCUT2D eigenvalue weighted by molar-refractivity contribution is -0.137. The number of alkyl halides is 3. The minimum absolute atomic E-state index is 0.0380. The Kier molecular flexibility index (Phi) is 2.96. The quantitative estimate of drug-likeness (QED) is 0.362. The summed E-state index contributed by atoms with van der Waals surface area (Å²) in [4.78, 5) is 7.20. The predicted octanol–water partition coefficient (Wildman–Crippen LogP) is 1.38. The molecule has 0 saturated carbocycles. The number of rotatable bonds is 1. The van der Waals surface area contributed by atoms with Crippen molar-refractivity contribution in [3.63, 3.8) is 0 Å². The summed E-state index contributed by atoms with van der Waals surface area (Å²) in [5, 5.41) is 15.4. The first kappa shape index (κ1) is 12.0. The normalized spacial score (nSPS) is 12.7. The van der Waals surface area contributed by atoms with Gasteiger partial charge < -0.3 is 5.21 Å². The zero-order valence-electron chi connectivity index (χ0n) is 8.70. The highest BCUT2D eigenvalue weighted by molar-refractivity contribution is 5.97. The van der Waals surface area contributed by atoms with Crippen LogP contribution in [0.4, 0.5) is 13.2 Å². The first-order valence-electron chi connectivity index (χ1n) is 4.63. The van der Waals surface area contributed by atoms with Crippen LogP contribution in [0, 0.1) is 0 Å². The van der Waals surface area contributed by atoms with Crippen molar-refractivity contribution in [2.45, 2.75) is 6.18 Å². The average Bonchev–Trinajstić information content (AvgIpc) is 2.83. The Labute approximate surface area is 98.4 Å². The van der Waals surface area contributed by atoms with E-state index in [4.69, 9.17) is 5.21 Å². The van der Waals surface area contributed by atoms with Crippen molar-refractivity contribution in [3.8, 4) is 0 Å². The fraction of sp³-hybridized carbons (Fsp3) is 0.111. The van der Waals surface area contributed by atoms with Crippen LogP contribution in [0.5, 0.6) is 0 Å². The highest BCUT2D eigenvalue weighted by Gasteiger charge is 2.30. The van der Waals surface area contributed by atoms with E-state index in [1.54, 1.807) is 0 Å². The highest BCUT2D eigenvalue weighted by atomic mass is 19.4. The Balaban J connectivity index is 2.35. The summed E-state index contributed by atoms with van der Waals surface area (Å²) in [5.74, 6) is -0.124. The molecule has 2 aromatic heterocycles. The van der Waals surface area contributed by atoms with Crippen molar-refractivity contribution in [1.82, 2.24) is 19.7 Å². The summed E-state index contributed by atoms with van der Waals surface area (Å²) in [6.07, 6.45) is -1.39. The summed E-state index contributed by atoms with van der Waals surface area (Å²) in [5.41, 5.74) is -0.849. The lowest BCUT2D eigenvalue weighted by Gasteiger charge is -2.07. The van der Waals surface area contributed by atoms with Crippen molar-refractivity contribution in [3.05, 3.63) is 42.2 Å². The fourth-order valence-electron chi connectivity index (χ4n) is 1.23. The molecular weight excluding hydrogens is 251 g/mol. The van der Waals surface area contributed by atoms with Crippen molar-refractivity contribution in [2.75, 3.05) is 0 Å². The molecule has 2 heterocycles. The molecule has 1 N–H and O–H groups in total. The number of halogens is 3. The van der Waals surface area contributed by atoms with Crippen LogP contribution >= 0.6 is 0 Å². The molecule has 0 fully saturated rings. The topological polar surface area (TPSA) is 76.2 Å². The molecule has 0 aliphatic heterocycles. The highest BCUT2D eigenvalue weighted by Crippen LogP contribution is 2.28. The van der Waals surface area contributed by atoms with Gasteiger partial charge in [0.1, 0.15) is 18.3 Å². The van der Waals surface area contributed by atoms with Gasteiger partial charge in [-0.05, 0) is 12.1 Å². The smallest absolute Gasteiger partial charge is 0.409 e. The molecular formula is C9H6F3N5O. The van der Waals surface area contributed by atoms with Crippen LogP contribution in [0.1, 0.15) is 11.3 Å². The second kappa shape index (κ2) is 4.43. The third-order valence-electron chi connectivity index (χ3n) is 2.05. The van der Waals surface area contributed by atoms with E-state index in [9.17, 15) is 13.2 Å². The van der Waals surface area contributed by atoms with E-state index in [0.717, 1.165) is 16.8 Å². The van der Waals surface area contributed by atoms with Gasteiger partial charge in [-0.2, -0.15) is 23.0 Å². The predicted molar refractivity (Wildman–Crippen MR) is 53.0 cm³/mol. The number of aromatic nitrogens is 4. The van der Waals surface area contributed by atoms with Gasteiger partial charge >= 0.3 is 6.18 Å². The summed E-state index contributed by atoms with van der Waals surface area (Å²) in [7, 11) is 0. The summed E-state index contributed by atoms with van der Waals surface area (Å²) in [6, 6.07) is 1.92. The van der Waals surface area contributed by atoms with Gasteiger partial charge in [0.2, 0.25) is 5.84 Å². The van der Waals surface area contributed by atoms with Crippen LogP contribution in [-0.4, -0.2) is 30.8 Å². The van der Waals surface area contributed by atoms with E-state index in [0.29, 0.717) is 6.20 Å². The molecule has 2 aromatic rings. The van der Waals surface area contributed by atoms with Crippen molar-refractivity contribution in [1.29, 1.82) is 0 Å². The van der Waals surface area contributed by atoms with E-state index in [-0.39, 0.29) is 11.5 Å². The maximum Gasteiger partial charge on any atom is 0.417 e. The van der Waals surface area contributed by atoms with Gasteiger partial charge in [-0.3, -0.25) is 4.98 Å². The molecule has 0 spiro atoms. The molecule has 0 aliphatic carbocycles. The van der Waals surface area contributed by atoms with E-state index in [1.165, 1.54) is 12.7 Å². The molecule has 0 atom stereocenters. The monoisotopic (exact) mass is 257 g/mol. The fourth-order valence-corrected chi connectivity index (χ4v) is 1.23. The largest absolute Gasteiger partial charge is 0.417 e. The minimum Gasteiger partial charge on any atom is -0.409 e. The van der Waals surface area contributed by atoms with Gasteiger partial charge in [-0.1, -0.05) is 5.16 Å². The second-order valence-corrected chi connectivity index (χ2v) is 3.19. The van der Waals surface area contributed by atoms with Gasteiger partial charge in [0.05, 0.1) is 5.56 Å². The molecule has 0 radical (unpaired) electrons. The molecule has 0 amide bonds. The Morgan fingerprint density at radius 1 is 1.33 bits per heavy atom. The van der Waals surface area contributed by atoms with Crippen molar-refractivity contribution >= 4 is 5.84 Å². The van der Waals surface area contributed by atoms with Gasteiger partial charge in [-0.15, -0.1) is 0 Å². The molecule has 18 heavy (non-hydrogen) atoms. The molecule has 0 aliphatic rings. The Morgan fingerprint density at radius 2 is 2.11 bits per heavy atom. The summed E-state index contributed by atoms with van der Waals surface area (Å²) in [6.45, 7) is 0. The van der Waals surface area contributed by atoms with E-state index >= 15 is 0 Å². The van der Waals surface area contributed by atoms with Crippen molar-refractivity contribution < 1.29 is 18.4 Å².